The molecule has 23 heavy (non-hydrogen) atoms. The quantitative estimate of drug-likeness (QED) is 0.711. The first-order valence-corrected chi connectivity index (χ1v) is 7.61. The molecule has 0 saturated heterocycles. The zero-order valence-corrected chi connectivity index (χ0v) is 13.4. The van der Waals surface area contributed by atoms with Crippen LogP contribution in [0.3, 0.4) is 0 Å². The number of nitrogens with zero attached hydrogens (tertiary/aromatic N) is 2. The number of imidazole rings is 1. The monoisotopic (exact) mass is 311 g/mol. The highest BCUT2D eigenvalue weighted by Gasteiger charge is 2.10. The smallest absolute Gasteiger partial charge is 0.119 e. The Kier molecular flexibility index (Phi) is 4.21. The van der Waals surface area contributed by atoms with Crippen LogP contribution in [0.25, 0.3) is 11.0 Å². The maximum atomic E-state index is 10.2. The molecule has 5 nitrogen and oxygen atoms in total. The van der Waals surface area contributed by atoms with E-state index in [9.17, 15) is 5.11 Å². The van der Waals surface area contributed by atoms with Crippen molar-refractivity contribution in [3.8, 4) is 5.75 Å². The molecule has 1 atom stereocenters. The van der Waals surface area contributed by atoms with E-state index >= 15 is 0 Å². The molecular weight excluding hydrogens is 290 g/mol. The third kappa shape index (κ3) is 3.46. The summed E-state index contributed by atoms with van der Waals surface area (Å²) in [6, 6.07) is 11.3. The molecule has 2 aromatic carbocycles. The van der Waals surface area contributed by atoms with Crippen molar-refractivity contribution >= 4 is 16.7 Å². The van der Waals surface area contributed by atoms with Gasteiger partial charge in [0.05, 0.1) is 23.9 Å². The molecule has 0 saturated carbocycles. The van der Waals surface area contributed by atoms with Crippen molar-refractivity contribution in [1.29, 1.82) is 0 Å². The first-order valence-electron chi connectivity index (χ1n) is 7.61. The van der Waals surface area contributed by atoms with Crippen LogP contribution in [-0.4, -0.2) is 27.4 Å². The van der Waals surface area contributed by atoms with Gasteiger partial charge in [0.1, 0.15) is 18.5 Å². The van der Waals surface area contributed by atoms with Crippen LogP contribution in [0.4, 0.5) is 5.69 Å². The Labute approximate surface area is 135 Å². The zero-order chi connectivity index (χ0) is 16.4. The molecule has 0 aliphatic heterocycles. The van der Waals surface area contributed by atoms with E-state index in [1.165, 1.54) is 11.1 Å². The van der Waals surface area contributed by atoms with Gasteiger partial charge in [-0.05, 0) is 61.4 Å². The lowest BCUT2D eigenvalue weighted by atomic mass is 10.1. The minimum atomic E-state index is -0.619. The van der Waals surface area contributed by atoms with E-state index in [1.807, 2.05) is 4.57 Å². The van der Waals surface area contributed by atoms with E-state index in [1.54, 1.807) is 30.6 Å². The summed E-state index contributed by atoms with van der Waals surface area (Å²) in [5, 5.41) is 10.2. The van der Waals surface area contributed by atoms with E-state index in [4.69, 9.17) is 10.5 Å². The van der Waals surface area contributed by atoms with Gasteiger partial charge in [0, 0.05) is 5.69 Å². The number of anilines is 1. The van der Waals surface area contributed by atoms with Crippen LogP contribution in [0.5, 0.6) is 5.75 Å². The van der Waals surface area contributed by atoms with Gasteiger partial charge < -0.3 is 20.1 Å². The molecule has 1 heterocycles. The fourth-order valence-electron chi connectivity index (χ4n) is 2.49. The van der Waals surface area contributed by atoms with E-state index in [0.717, 1.165) is 11.0 Å². The summed E-state index contributed by atoms with van der Waals surface area (Å²) in [5.41, 5.74) is 10.7. The van der Waals surface area contributed by atoms with Gasteiger partial charge in [0.15, 0.2) is 0 Å². The van der Waals surface area contributed by atoms with Crippen LogP contribution >= 0.6 is 0 Å². The van der Waals surface area contributed by atoms with E-state index in [-0.39, 0.29) is 6.61 Å². The lowest BCUT2D eigenvalue weighted by Crippen LogP contribution is -2.23. The first kappa shape index (κ1) is 15.4. The van der Waals surface area contributed by atoms with Crippen molar-refractivity contribution in [2.24, 2.45) is 0 Å². The number of nitrogen functional groups attached to an aromatic ring is 1. The minimum absolute atomic E-state index is 0.217. The Hall–Kier alpha value is -2.53. The van der Waals surface area contributed by atoms with Gasteiger partial charge in [-0.1, -0.05) is 0 Å². The van der Waals surface area contributed by atoms with Gasteiger partial charge in [0.25, 0.3) is 0 Å². The van der Waals surface area contributed by atoms with Gasteiger partial charge >= 0.3 is 0 Å². The van der Waals surface area contributed by atoms with E-state index in [0.29, 0.717) is 18.0 Å². The third-order valence-electron chi connectivity index (χ3n) is 3.97. The molecule has 5 heteroatoms. The summed E-state index contributed by atoms with van der Waals surface area (Å²) < 4.78 is 7.54. The molecule has 0 aliphatic rings. The van der Waals surface area contributed by atoms with E-state index < -0.39 is 6.10 Å². The Balaban J connectivity index is 1.67. The molecule has 0 amide bonds. The number of hydrogen-bond donors (Lipinski definition) is 2. The number of nitrogens with two attached hydrogens (primary N) is 1. The molecule has 0 bridgehead atoms. The number of aromatic nitrogens is 2. The van der Waals surface area contributed by atoms with Crippen LogP contribution in [0.1, 0.15) is 11.1 Å². The number of fused-ring (bicyclic) bond motifs is 1. The second kappa shape index (κ2) is 6.30. The summed E-state index contributed by atoms with van der Waals surface area (Å²) in [7, 11) is 0. The highest BCUT2D eigenvalue weighted by atomic mass is 16.5. The van der Waals surface area contributed by atoms with Crippen LogP contribution in [0, 0.1) is 13.8 Å². The summed E-state index contributed by atoms with van der Waals surface area (Å²) >= 11 is 0. The number of aliphatic hydroxyl groups excluding tert-OH is 1. The zero-order valence-electron chi connectivity index (χ0n) is 13.4. The minimum Gasteiger partial charge on any atom is -0.491 e. The highest BCUT2D eigenvalue weighted by molar-refractivity contribution is 5.77. The third-order valence-corrected chi connectivity index (χ3v) is 3.97. The van der Waals surface area contributed by atoms with Crippen molar-refractivity contribution in [1.82, 2.24) is 9.55 Å². The van der Waals surface area contributed by atoms with Crippen LogP contribution in [0.15, 0.2) is 42.7 Å². The number of rotatable bonds is 5. The summed E-state index contributed by atoms with van der Waals surface area (Å²) in [5.74, 6) is 0.695. The van der Waals surface area contributed by atoms with Crippen molar-refractivity contribution in [2.45, 2.75) is 26.5 Å². The molecule has 0 aliphatic carbocycles. The fourth-order valence-corrected chi connectivity index (χ4v) is 2.49. The van der Waals surface area contributed by atoms with Gasteiger partial charge in [-0.25, -0.2) is 4.98 Å². The molecule has 0 spiro atoms. The topological polar surface area (TPSA) is 73.3 Å². The molecule has 120 valence electrons. The summed E-state index contributed by atoms with van der Waals surface area (Å²) in [6.07, 6.45) is 1.14. The number of ether oxygens (including phenoxy) is 1. The number of benzene rings is 2. The van der Waals surface area contributed by atoms with E-state index in [2.05, 4.69) is 31.0 Å². The van der Waals surface area contributed by atoms with Crippen LogP contribution in [0.2, 0.25) is 0 Å². The Morgan fingerprint density at radius 3 is 2.61 bits per heavy atom. The standard InChI is InChI=1S/C18H21N3O2/c1-12-7-17-18(8-13(12)2)21(11-20-17)9-15(22)10-23-16-5-3-14(19)4-6-16/h3-8,11,15,22H,9-10,19H2,1-2H3/t15-/m1/s1. The number of aryl methyl sites for hydroxylation is 2. The van der Waals surface area contributed by atoms with Crippen molar-refractivity contribution in [3.63, 3.8) is 0 Å². The van der Waals surface area contributed by atoms with Gasteiger partial charge in [-0.3, -0.25) is 0 Å². The van der Waals surface area contributed by atoms with Crippen LogP contribution < -0.4 is 10.5 Å². The highest BCUT2D eigenvalue weighted by Crippen LogP contribution is 2.19. The summed E-state index contributed by atoms with van der Waals surface area (Å²) in [4.78, 5) is 4.40. The molecule has 0 unspecified atom stereocenters. The number of hydrogen-bond acceptors (Lipinski definition) is 4. The lowest BCUT2D eigenvalue weighted by Gasteiger charge is -2.14. The predicted molar refractivity (Wildman–Crippen MR) is 91.6 cm³/mol. The summed E-state index contributed by atoms with van der Waals surface area (Å²) in [6.45, 7) is 4.80. The molecule has 3 rings (SSSR count). The maximum absolute atomic E-state index is 10.2. The molecule has 3 aromatic rings. The first-order chi connectivity index (χ1) is 11.0. The Morgan fingerprint density at radius 1 is 1.17 bits per heavy atom. The molecular formula is C18H21N3O2. The predicted octanol–water partition coefficient (Wildman–Crippen LogP) is 2.68. The molecule has 3 N–H and O–H groups in total. The second-order valence-corrected chi connectivity index (χ2v) is 5.86. The number of aliphatic hydroxyl groups is 1. The lowest BCUT2D eigenvalue weighted by molar-refractivity contribution is 0.0934. The van der Waals surface area contributed by atoms with Crippen molar-refractivity contribution in [2.75, 3.05) is 12.3 Å². The van der Waals surface area contributed by atoms with Gasteiger partial charge in [-0.2, -0.15) is 0 Å². The van der Waals surface area contributed by atoms with Crippen molar-refractivity contribution in [3.05, 3.63) is 53.9 Å². The maximum Gasteiger partial charge on any atom is 0.119 e. The Morgan fingerprint density at radius 2 is 1.87 bits per heavy atom. The Bertz CT molecular complexity index is 809. The molecule has 0 radical (unpaired) electrons. The fraction of sp³-hybridized carbons (Fsp3) is 0.278. The molecule has 0 fully saturated rings. The van der Waals surface area contributed by atoms with Gasteiger partial charge in [-0.15, -0.1) is 0 Å². The second-order valence-electron chi connectivity index (χ2n) is 5.86. The molecule has 1 aromatic heterocycles. The van der Waals surface area contributed by atoms with Gasteiger partial charge in [0.2, 0.25) is 0 Å². The SMILES string of the molecule is Cc1cc2ncn(C[C@@H](O)COc3ccc(N)cc3)c2cc1C. The van der Waals surface area contributed by atoms with Crippen LogP contribution in [-0.2, 0) is 6.54 Å². The normalized spacial score (nSPS) is 12.5. The largest absolute Gasteiger partial charge is 0.491 e. The average Bonchev–Trinajstić information content (AvgIpc) is 2.89. The van der Waals surface area contributed by atoms with Crippen molar-refractivity contribution < 1.29 is 9.84 Å². The average molecular weight is 311 g/mol.